The molecule has 3 aromatic rings. The average Bonchev–Trinajstić information content (AvgIpc) is 3.80. The van der Waals surface area contributed by atoms with E-state index in [1.807, 2.05) is 107 Å². The Balaban J connectivity index is 1.01. The molecule has 6 unspecified atom stereocenters. The molecule has 3 amide bonds. The molecule has 0 saturated carbocycles. The molecule has 3 aromatic carbocycles. The van der Waals surface area contributed by atoms with Crippen molar-refractivity contribution >= 4 is 25.5 Å². The standard InChI is InChI=1S/C64H83N6O12P/c1-58(2,36-60(5,6)80-55-52(68-27-15-18-49(68)71)43-30-40(33-65)21-24-46(43)77-62(55,9)10)38-75-83(74,82-57-54(70-29-17-20-51(70)73)45-32-42(35-67)23-26-48(45)79-64(57,13)14)76-39-59(3,4)37-61(7,8)81-56-53(69-28-16-19-50(69)72)44-31-41(34-66)22-25-47(44)78-63(56,11)12/h21-26,30-32,52-57H,15-20,27-29,36-39H2,1-14H3. The van der Waals surface area contributed by atoms with Crippen LogP contribution >= 0.6 is 7.82 Å². The van der Waals surface area contributed by atoms with Gasteiger partial charge in [-0.3, -0.25) is 28.0 Å². The molecular formula is C64H83N6O12P. The minimum Gasteiger partial charge on any atom is -0.485 e. The molecule has 0 N–H and O–H groups in total. The highest BCUT2D eigenvalue weighted by Crippen LogP contribution is 2.59. The summed E-state index contributed by atoms with van der Waals surface area (Å²) in [6.45, 7) is 28.3. The van der Waals surface area contributed by atoms with Gasteiger partial charge in [0.25, 0.3) is 0 Å². The van der Waals surface area contributed by atoms with Crippen LogP contribution in [-0.4, -0.2) is 112 Å². The molecule has 6 aliphatic rings. The lowest BCUT2D eigenvalue weighted by atomic mass is 9.80. The van der Waals surface area contributed by atoms with Gasteiger partial charge in [0.05, 0.1) is 77.4 Å². The van der Waals surface area contributed by atoms with Gasteiger partial charge in [-0.2, -0.15) is 15.8 Å². The number of nitrogens with zero attached hydrogens (tertiary/aromatic N) is 6. The SMILES string of the molecule is CC(C)(COP(=O)(OCC(C)(C)CC(C)(C)OC1C(N2CCCC2=O)c2cc(C#N)ccc2OC1(C)C)OC1C(N2CCCC2=O)c2cc(C#N)ccc2OC1(C)C)CC(C)(C)OC1C(N2CCCC2=O)c2cc(C#N)ccc2OC1(C)C. The summed E-state index contributed by atoms with van der Waals surface area (Å²) in [5.41, 5.74) is -3.32. The fraction of sp³-hybridized carbons (Fsp3) is 0.625. The summed E-state index contributed by atoms with van der Waals surface area (Å²) in [6, 6.07) is 20.4. The maximum atomic E-state index is 16.2. The van der Waals surface area contributed by atoms with E-state index in [1.54, 1.807) is 59.5 Å². The van der Waals surface area contributed by atoms with Crippen molar-refractivity contribution < 1.29 is 56.2 Å². The predicted octanol–water partition coefficient (Wildman–Crippen LogP) is 11.9. The van der Waals surface area contributed by atoms with E-state index >= 15 is 4.57 Å². The van der Waals surface area contributed by atoms with Crippen molar-refractivity contribution in [3.8, 4) is 35.5 Å². The molecule has 6 atom stereocenters. The number of carbonyl (C=O) groups excluding carboxylic acids is 3. The van der Waals surface area contributed by atoms with Gasteiger partial charge in [0.2, 0.25) is 17.7 Å². The van der Waals surface area contributed by atoms with E-state index in [0.29, 0.717) is 122 Å². The zero-order chi connectivity index (χ0) is 60.5. The van der Waals surface area contributed by atoms with Crippen LogP contribution in [0.2, 0.25) is 0 Å². The smallest absolute Gasteiger partial charge is 0.475 e. The van der Waals surface area contributed by atoms with Crippen molar-refractivity contribution in [2.75, 3.05) is 32.8 Å². The highest BCUT2D eigenvalue weighted by molar-refractivity contribution is 7.48. The van der Waals surface area contributed by atoms with Crippen LogP contribution in [0.25, 0.3) is 0 Å². The normalized spacial score (nSPS) is 25.4. The first kappa shape index (κ1) is 61.5. The lowest BCUT2D eigenvalue weighted by Crippen LogP contribution is -2.57. The molecule has 18 nitrogen and oxygen atoms in total. The summed E-state index contributed by atoms with van der Waals surface area (Å²) >= 11 is 0. The van der Waals surface area contributed by atoms with Crippen LogP contribution in [0.4, 0.5) is 0 Å². The number of phosphoric ester groups is 1. The molecule has 83 heavy (non-hydrogen) atoms. The van der Waals surface area contributed by atoms with Gasteiger partial charge >= 0.3 is 7.82 Å². The van der Waals surface area contributed by atoms with Gasteiger partial charge in [0.15, 0.2) is 0 Å². The number of amides is 3. The number of ether oxygens (including phenoxy) is 5. The zero-order valence-electron chi connectivity index (χ0n) is 50.9. The zero-order valence-corrected chi connectivity index (χ0v) is 51.8. The second-order valence-corrected chi connectivity index (χ2v) is 29.5. The fourth-order valence-electron chi connectivity index (χ4n) is 13.9. The minimum atomic E-state index is -4.73. The number of phosphoric acid groups is 1. The second kappa shape index (κ2) is 22.4. The van der Waals surface area contributed by atoms with Crippen LogP contribution in [-0.2, 0) is 42.0 Å². The summed E-state index contributed by atoms with van der Waals surface area (Å²) in [6.07, 6.45) is 1.31. The lowest BCUT2D eigenvalue weighted by Gasteiger charge is -2.50. The van der Waals surface area contributed by atoms with Crippen molar-refractivity contribution in [2.24, 2.45) is 10.8 Å². The number of carbonyl (C=O) groups is 3. The van der Waals surface area contributed by atoms with Gasteiger partial charge in [0.1, 0.15) is 52.4 Å². The summed E-state index contributed by atoms with van der Waals surface area (Å²) in [7, 11) is -4.73. The molecule has 0 aliphatic carbocycles. The molecule has 0 aromatic heterocycles. The van der Waals surface area contributed by atoms with E-state index < -0.39 is 83.1 Å². The average molecular weight is 1160 g/mol. The van der Waals surface area contributed by atoms with Gasteiger partial charge < -0.3 is 38.4 Å². The third kappa shape index (κ3) is 13.0. The van der Waals surface area contributed by atoms with Crippen LogP contribution < -0.4 is 14.2 Å². The van der Waals surface area contributed by atoms with Crippen LogP contribution in [0.15, 0.2) is 54.6 Å². The van der Waals surface area contributed by atoms with Crippen molar-refractivity contribution in [3.05, 3.63) is 88.0 Å². The Morgan fingerprint density at radius 3 is 1.11 bits per heavy atom. The van der Waals surface area contributed by atoms with Crippen molar-refractivity contribution in [1.82, 2.24) is 14.7 Å². The predicted molar refractivity (Wildman–Crippen MR) is 308 cm³/mol. The number of hydrogen-bond acceptors (Lipinski definition) is 15. The topological polar surface area (TPSA) is 223 Å². The summed E-state index contributed by atoms with van der Waals surface area (Å²) in [5.74, 6) is 1.53. The molecule has 446 valence electrons. The van der Waals surface area contributed by atoms with E-state index in [1.165, 1.54) is 0 Å². The van der Waals surface area contributed by atoms with Crippen LogP contribution in [0, 0.1) is 44.8 Å². The molecular weight excluding hydrogens is 1080 g/mol. The Kier molecular flexibility index (Phi) is 16.6. The lowest BCUT2D eigenvalue weighted by molar-refractivity contribution is -0.191. The maximum absolute atomic E-state index is 16.2. The largest absolute Gasteiger partial charge is 0.485 e. The first-order valence-corrected chi connectivity index (χ1v) is 30.7. The number of hydrogen-bond donors (Lipinski definition) is 0. The number of nitriles is 3. The van der Waals surface area contributed by atoms with Crippen LogP contribution in [0.1, 0.15) is 200 Å². The maximum Gasteiger partial charge on any atom is 0.475 e. The Bertz CT molecular complexity index is 3050. The Morgan fingerprint density at radius 2 is 0.819 bits per heavy atom. The van der Waals surface area contributed by atoms with Crippen molar-refractivity contribution in [3.63, 3.8) is 0 Å². The van der Waals surface area contributed by atoms with E-state index in [0.717, 1.165) is 0 Å². The third-order valence-electron chi connectivity index (χ3n) is 16.9. The molecule has 6 heterocycles. The Hall–Kier alpha value is -6.03. The highest BCUT2D eigenvalue weighted by atomic mass is 31.2. The van der Waals surface area contributed by atoms with Crippen LogP contribution in [0.3, 0.4) is 0 Å². The van der Waals surface area contributed by atoms with E-state index in [9.17, 15) is 30.2 Å². The molecule has 6 aliphatic heterocycles. The molecule has 0 radical (unpaired) electrons. The summed E-state index contributed by atoms with van der Waals surface area (Å²) in [4.78, 5) is 46.4. The van der Waals surface area contributed by atoms with Gasteiger partial charge in [-0.25, -0.2) is 4.57 Å². The van der Waals surface area contributed by atoms with Gasteiger partial charge in [-0.1, -0.05) is 27.7 Å². The molecule has 0 bridgehead atoms. The summed E-state index contributed by atoms with van der Waals surface area (Å²) in [5, 5.41) is 30.0. The second-order valence-electron chi connectivity index (χ2n) is 27.9. The number of rotatable bonds is 19. The molecule has 0 spiro atoms. The summed E-state index contributed by atoms with van der Waals surface area (Å²) < 4.78 is 70.7. The molecule has 3 fully saturated rings. The number of benzene rings is 3. The van der Waals surface area contributed by atoms with Crippen LogP contribution in [0.5, 0.6) is 17.2 Å². The highest BCUT2D eigenvalue weighted by Gasteiger charge is 2.56. The quantitative estimate of drug-likeness (QED) is 0.102. The monoisotopic (exact) mass is 1160 g/mol. The first-order chi connectivity index (χ1) is 38.7. The van der Waals surface area contributed by atoms with E-state index in [2.05, 4.69) is 18.2 Å². The van der Waals surface area contributed by atoms with Crippen molar-refractivity contribution in [1.29, 1.82) is 15.8 Å². The minimum absolute atomic E-state index is 0.00160. The number of likely N-dealkylation sites (tertiary alicyclic amines) is 3. The van der Waals surface area contributed by atoms with Crippen molar-refractivity contribution in [2.45, 2.75) is 213 Å². The van der Waals surface area contributed by atoms with Gasteiger partial charge in [-0.15, -0.1) is 0 Å². The first-order valence-electron chi connectivity index (χ1n) is 29.2. The van der Waals surface area contributed by atoms with Gasteiger partial charge in [-0.05, 0) is 167 Å². The molecule has 9 rings (SSSR count). The number of fused-ring (bicyclic) bond motifs is 3. The Morgan fingerprint density at radius 1 is 0.518 bits per heavy atom. The van der Waals surface area contributed by atoms with Gasteiger partial charge in [0, 0.05) is 55.6 Å². The molecule has 3 saturated heterocycles. The van der Waals surface area contributed by atoms with E-state index in [4.69, 9.17) is 37.3 Å². The van der Waals surface area contributed by atoms with E-state index in [-0.39, 0.29) is 30.9 Å². The Labute approximate surface area is 490 Å². The molecule has 19 heteroatoms. The third-order valence-corrected chi connectivity index (χ3v) is 18.3. The fourth-order valence-corrected chi connectivity index (χ4v) is 15.7.